The third kappa shape index (κ3) is 3.18. The summed E-state index contributed by atoms with van der Waals surface area (Å²) in [5.74, 6) is -0.285. The molecule has 2 aromatic carbocycles. The zero-order valence-corrected chi connectivity index (χ0v) is 11.6. The van der Waals surface area contributed by atoms with Crippen molar-refractivity contribution < 1.29 is 15.0 Å². The Morgan fingerprint density at radius 3 is 2.29 bits per heavy atom. The first-order valence-corrected chi connectivity index (χ1v) is 6.56. The number of carbonyl (C=O) groups is 1. The summed E-state index contributed by atoms with van der Waals surface area (Å²) in [4.78, 5) is 13.7. The summed E-state index contributed by atoms with van der Waals surface area (Å²) < 4.78 is 0. The number of amides is 1. The van der Waals surface area contributed by atoms with Gasteiger partial charge in [0.25, 0.3) is 5.91 Å². The molecule has 0 bridgehead atoms. The Bertz CT molecular complexity index is 635. The van der Waals surface area contributed by atoms with Crippen LogP contribution in [0.15, 0.2) is 61.2 Å². The number of rotatable bonds is 5. The van der Waals surface area contributed by atoms with E-state index >= 15 is 0 Å². The van der Waals surface area contributed by atoms with E-state index in [4.69, 9.17) is 5.11 Å². The van der Waals surface area contributed by atoms with Crippen molar-refractivity contribution in [1.29, 1.82) is 0 Å². The van der Waals surface area contributed by atoms with Crippen molar-refractivity contribution in [2.24, 2.45) is 0 Å². The van der Waals surface area contributed by atoms with Crippen LogP contribution >= 0.6 is 0 Å². The molecule has 4 nitrogen and oxygen atoms in total. The van der Waals surface area contributed by atoms with Crippen molar-refractivity contribution in [3.05, 3.63) is 72.3 Å². The van der Waals surface area contributed by atoms with Crippen LogP contribution in [0.25, 0.3) is 0 Å². The highest BCUT2D eigenvalue weighted by Gasteiger charge is 2.18. The molecule has 0 atom stereocenters. The highest BCUT2D eigenvalue weighted by atomic mass is 16.3. The van der Waals surface area contributed by atoms with E-state index in [2.05, 4.69) is 6.58 Å². The zero-order valence-electron chi connectivity index (χ0n) is 11.6. The van der Waals surface area contributed by atoms with Gasteiger partial charge < -0.3 is 10.2 Å². The molecular weight excluding hydrogens is 266 g/mol. The van der Waals surface area contributed by atoms with Gasteiger partial charge >= 0.3 is 0 Å². The molecule has 0 fully saturated rings. The summed E-state index contributed by atoms with van der Waals surface area (Å²) >= 11 is 0. The minimum atomic E-state index is -0.285. The lowest BCUT2D eigenvalue weighted by molar-refractivity contribution is -0.113. The van der Waals surface area contributed by atoms with Crippen molar-refractivity contribution >= 4 is 17.3 Å². The second kappa shape index (κ2) is 6.83. The Morgan fingerprint density at radius 1 is 1.05 bits per heavy atom. The number of benzene rings is 2. The number of hydrogen-bond donors (Lipinski definition) is 2. The Hall–Kier alpha value is -2.43. The largest absolute Gasteiger partial charge is 0.392 e. The summed E-state index contributed by atoms with van der Waals surface area (Å²) in [7, 11) is 0. The first kappa shape index (κ1) is 15.0. The van der Waals surface area contributed by atoms with Gasteiger partial charge in [0.2, 0.25) is 0 Å². The SMILES string of the molecule is C=CC(=O)N(c1ccc(CO)cc1)c1ccccc1CO. The average Bonchev–Trinajstić information content (AvgIpc) is 2.56. The molecule has 0 aliphatic heterocycles. The molecule has 2 N–H and O–H groups in total. The molecule has 0 unspecified atom stereocenters. The lowest BCUT2D eigenvalue weighted by atomic mass is 10.1. The average molecular weight is 283 g/mol. The molecular formula is C17H17NO3. The van der Waals surface area contributed by atoms with Crippen molar-refractivity contribution in [2.45, 2.75) is 13.2 Å². The highest BCUT2D eigenvalue weighted by molar-refractivity contribution is 6.07. The minimum Gasteiger partial charge on any atom is -0.392 e. The van der Waals surface area contributed by atoms with Crippen LogP contribution in [0, 0.1) is 0 Å². The molecule has 0 aliphatic rings. The van der Waals surface area contributed by atoms with Crippen LogP contribution in [0.2, 0.25) is 0 Å². The van der Waals surface area contributed by atoms with Crippen LogP contribution in [0.4, 0.5) is 11.4 Å². The van der Waals surface area contributed by atoms with E-state index in [1.54, 1.807) is 48.5 Å². The van der Waals surface area contributed by atoms with E-state index in [0.717, 1.165) is 5.56 Å². The van der Waals surface area contributed by atoms with Gasteiger partial charge in [0.15, 0.2) is 0 Å². The Morgan fingerprint density at radius 2 is 1.71 bits per heavy atom. The quantitative estimate of drug-likeness (QED) is 0.829. The maximum atomic E-state index is 12.2. The predicted molar refractivity (Wildman–Crippen MR) is 82.1 cm³/mol. The van der Waals surface area contributed by atoms with Gasteiger partial charge in [-0.3, -0.25) is 9.69 Å². The van der Waals surface area contributed by atoms with Crippen LogP contribution < -0.4 is 4.90 Å². The van der Waals surface area contributed by atoms with Crippen LogP contribution in [-0.2, 0) is 18.0 Å². The fourth-order valence-corrected chi connectivity index (χ4v) is 2.09. The van der Waals surface area contributed by atoms with Crippen molar-refractivity contribution in [3.63, 3.8) is 0 Å². The molecule has 0 aromatic heterocycles. The van der Waals surface area contributed by atoms with Gasteiger partial charge in [0, 0.05) is 11.3 Å². The number of hydrogen-bond acceptors (Lipinski definition) is 3. The molecule has 0 heterocycles. The van der Waals surface area contributed by atoms with Crippen molar-refractivity contribution in [3.8, 4) is 0 Å². The van der Waals surface area contributed by atoms with E-state index in [0.29, 0.717) is 16.9 Å². The van der Waals surface area contributed by atoms with Crippen LogP contribution in [0.5, 0.6) is 0 Å². The summed E-state index contributed by atoms with van der Waals surface area (Å²) in [5.41, 5.74) is 2.68. The first-order chi connectivity index (χ1) is 10.2. The number of anilines is 2. The highest BCUT2D eigenvalue weighted by Crippen LogP contribution is 2.29. The number of nitrogens with zero attached hydrogens (tertiary/aromatic N) is 1. The molecule has 0 saturated heterocycles. The monoisotopic (exact) mass is 283 g/mol. The van der Waals surface area contributed by atoms with Crippen molar-refractivity contribution in [1.82, 2.24) is 0 Å². The van der Waals surface area contributed by atoms with Crippen LogP contribution in [0.1, 0.15) is 11.1 Å². The molecule has 0 spiro atoms. The molecule has 2 rings (SSSR count). The predicted octanol–water partition coefficient (Wildman–Crippen LogP) is 2.52. The Labute approximate surface area is 123 Å². The summed E-state index contributed by atoms with van der Waals surface area (Å²) in [5, 5.41) is 18.5. The third-order valence-electron chi connectivity index (χ3n) is 3.17. The van der Waals surface area contributed by atoms with Gasteiger partial charge in [0.05, 0.1) is 18.9 Å². The second-order valence-corrected chi connectivity index (χ2v) is 4.49. The number of aliphatic hydroxyl groups excluding tert-OH is 2. The summed E-state index contributed by atoms with van der Waals surface area (Å²) in [6.45, 7) is 3.31. The van der Waals surface area contributed by atoms with Gasteiger partial charge in [-0.15, -0.1) is 0 Å². The molecule has 108 valence electrons. The molecule has 0 saturated carbocycles. The summed E-state index contributed by atoms with van der Waals surface area (Å²) in [6, 6.07) is 14.1. The number of aliphatic hydroxyl groups is 2. The van der Waals surface area contributed by atoms with E-state index in [1.807, 2.05) is 0 Å². The molecule has 1 amide bonds. The number of para-hydroxylation sites is 1. The Balaban J connectivity index is 2.52. The first-order valence-electron chi connectivity index (χ1n) is 6.56. The lowest BCUT2D eigenvalue weighted by Crippen LogP contribution is -2.24. The van der Waals surface area contributed by atoms with Gasteiger partial charge in [-0.2, -0.15) is 0 Å². The van der Waals surface area contributed by atoms with Crippen molar-refractivity contribution in [2.75, 3.05) is 4.90 Å². The third-order valence-corrected chi connectivity index (χ3v) is 3.17. The fourth-order valence-electron chi connectivity index (χ4n) is 2.09. The topological polar surface area (TPSA) is 60.8 Å². The zero-order chi connectivity index (χ0) is 15.2. The normalized spacial score (nSPS) is 10.2. The lowest BCUT2D eigenvalue weighted by Gasteiger charge is -2.24. The van der Waals surface area contributed by atoms with Gasteiger partial charge in [0.1, 0.15) is 0 Å². The number of carbonyl (C=O) groups excluding carboxylic acids is 1. The van der Waals surface area contributed by atoms with Crippen LogP contribution in [0.3, 0.4) is 0 Å². The molecule has 4 heteroatoms. The standard InChI is InChI=1S/C17H17NO3/c1-2-17(21)18(15-9-7-13(11-19)8-10-15)16-6-4-3-5-14(16)12-20/h2-10,19-20H,1,11-12H2. The molecule has 21 heavy (non-hydrogen) atoms. The molecule has 0 aliphatic carbocycles. The van der Waals surface area contributed by atoms with Gasteiger partial charge in [-0.25, -0.2) is 0 Å². The maximum absolute atomic E-state index is 12.2. The minimum absolute atomic E-state index is 0.0527. The second-order valence-electron chi connectivity index (χ2n) is 4.49. The molecule has 0 radical (unpaired) electrons. The van der Waals surface area contributed by atoms with E-state index in [-0.39, 0.29) is 19.1 Å². The summed E-state index contributed by atoms with van der Waals surface area (Å²) in [6.07, 6.45) is 1.23. The van der Waals surface area contributed by atoms with E-state index in [9.17, 15) is 9.90 Å². The molecule has 2 aromatic rings. The fraction of sp³-hybridized carbons (Fsp3) is 0.118. The smallest absolute Gasteiger partial charge is 0.254 e. The van der Waals surface area contributed by atoms with Gasteiger partial charge in [-0.05, 0) is 29.8 Å². The maximum Gasteiger partial charge on any atom is 0.254 e. The van der Waals surface area contributed by atoms with E-state index < -0.39 is 0 Å². The Kier molecular flexibility index (Phi) is 4.87. The van der Waals surface area contributed by atoms with Crippen LogP contribution in [-0.4, -0.2) is 16.1 Å². The van der Waals surface area contributed by atoms with E-state index in [1.165, 1.54) is 11.0 Å². The van der Waals surface area contributed by atoms with Gasteiger partial charge in [-0.1, -0.05) is 36.9 Å².